The van der Waals surface area contributed by atoms with E-state index in [1.54, 1.807) is 11.8 Å². The van der Waals surface area contributed by atoms with E-state index in [1.165, 1.54) is 0 Å². The first-order chi connectivity index (χ1) is 8.00. The van der Waals surface area contributed by atoms with Gasteiger partial charge in [-0.15, -0.1) is 8.46 Å². The highest BCUT2D eigenvalue weighted by Crippen LogP contribution is 2.26. The third kappa shape index (κ3) is 4.71. The van der Waals surface area contributed by atoms with Crippen LogP contribution < -0.4 is 0 Å². The summed E-state index contributed by atoms with van der Waals surface area (Å²) in [6, 6.07) is 0. The Bertz CT molecular complexity index is 303. The van der Waals surface area contributed by atoms with Crippen LogP contribution in [0.2, 0.25) is 0 Å². The minimum atomic E-state index is -1.27. The molecule has 0 amide bonds. The van der Waals surface area contributed by atoms with Crippen molar-refractivity contribution in [3.05, 3.63) is 0 Å². The molecule has 95 valence electrons. The van der Waals surface area contributed by atoms with Crippen LogP contribution in [0.5, 0.6) is 0 Å². The number of cyclic esters (lactones) is 2. The lowest BCUT2D eigenvalue weighted by Gasteiger charge is -2.24. The first-order valence-electron chi connectivity index (χ1n) is 5.23. The summed E-state index contributed by atoms with van der Waals surface area (Å²) in [7, 11) is 0.207. The van der Waals surface area contributed by atoms with Crippen LogP contribution in [-0.2, 0) is 19.1 Å². The molecule has 0 aliphatic carbocycles. The van der Waals surface area contributed by atoms with Crippen molar-refractivity contribution in [1.29, 1.82) is 0 Å². The molecule has 1 aliphatic heterocycles. The Morgan fingerprint density at radius 3 is 2.76 bits per heavy atom. The van der Waals surface area contributed by atoms with Gasteiger partial charge in [0, 0.05) is 0 Å². The molecule has 1 N–H and O–H groups in total. The second-order valence-electron chi connectivity index (χ2n) is 3.88. The fraction of sp³-hybridized carbons (Fsp3) is 0.778. The van der Waals surface area contributed by atoms with Crippen LogP contribution in [0.1, 0.15) is 19.8 Å². The Morgan fingerprint density at radius 1 is 1.53 bits per heavy atom. The molecule has 1 aliphatic rings. The van der Waals surface area contributed by atoms with E-state index < -0.39 is 23.2 Å². The average molecular weight is 371 g/mol. The maximum Gasteiger partial charge on any atom is 0.312 e. The summed E-state index contributed by atoms with van der Waals surface area (Å²) < 4.78 is 10.0. The highest BCUT2D eigenvalue weighted by Gasteiger charge is 2.34. The third-order valence-electron chi connectivity index (χ3n) is 2.56. The molecule has 0 aromatic rings. The molecule has 1 heterocycles. The highest BCUT2D eigenvalue weighted by atomic mass is 127. The number of esters is 2. The molecule has 0 aromatic heterocycles. The van der Waals surface area contributed by atoms with E-state index in [0.29, 0.717) is 6.42 Å². The molecule has 17 heavy (non-hydrogen) atoms. The van der Waals surface area contributed by atoms with Crippen LogP contribution in [0.25, 0.3) is 0 Å². The number of ether oxygens (including phenoxy) is 2. The van der Waals surface area contributed by atoms with Crippen molar-refractivity contribution in [2.45, 2.75) is 31.0 Å². The molecule has 0 aromatic carbocycles. The number of halogens is 1. The first kappa shape index (κ1) is 15.2. The van der Waals surface area contributed by atoms with Gasteiger partial charge in [0.15, 0.2) is 0 Å². The van der Waals surface area contributed by atoms with Gasteiger partial charge in [-0.05, 0) is 6.42 Å². The Labute approximate surface area is 116 Å². The van der Waals surface area contributed by atoms with Gasteiger partial charge >= 0.3 is 11.9 Å². The second kappa shape index (κ2) is 6.90. The normalized spacial score (nSPS) is 31.4. The molecule has 0 bridgehead atoms. The summed E-state index contributed by atoms with van der Waals surface area (Å²) >= 11 is 2.03. The summed E-state index contributed by atoms with van der Waals surface area (Å²) in [5.41, 5.74) is -1.75. The van der Waals surface area contributed by atoms with E-state index in [1.807, 2.05) is 22.4 Å². The van der Waals surface area contributed by atoms with Gasteiger partial charge in [0.05, 0.1) is 12.1 Å². The van der Waals surface area contributed by atoms with Gasteiger partial charge in [0.25, 0.3) is 0 Å². The molecule has 1 rings (SSSR count). The molecule has 1 fully saturated rings. The van der Waals surface area contributed by atoms with E-state index >= 15 is 0 Å². The topological polar surface area (TPSA) is 72.8 Å². The summed E-state index contributed by atoms with van der Waals surface area (Å²) in [5.74, 6) is -0.909. The second-order valence-corrected chi connectivity index (χ2v) is 7.00. The van der Waals surface area contributed by atoms with Crippen molar-refractivity contribution < 1.29 is 24.2 Å². The van der Waals surface area contributed by atoms with Crippen LogP contribution in [0.4, 0.5) is 0 Å². The summed E-state index contributed by atoms with van der Waals surface area (Å²) in [6.07, 6.45) is 0.371. The van der Waals surface area contributed by atoms with E-state index in [-0.39, 0.29) is 28.1 Å². The predicted octanol–water partition coefficient (Wildman–Crippen LogP) is 0.634. The Kier molecular flexibility index (Phi) is 6.16. The smallest absolute Gasteiger partial charge is 0.312 e. The molecule has 1 saturated heterocycles. The third-order valence-corrected chi connectivity index (χ3v) is 4.61. The molecular weight excluding hydrogens is 357 g/mol. The monoisotopic (exact) mass is 371 g/mol. The maximum absolute atomic E-state index is 11.7. The maximum atomic E-state index is 11.7. The number of hydrogen-bond donors (Lipinski definition) is 1. The van der Waals surface area contributed by atoms with Crippen molar-refractivity contribution in [3.8, 4) is 0 Å². The minimum absolute atomic E-state index is 0.0105. The van der Waals surface area contributed by atoms with Crippen LogP contribution in [0.15, 0.2) is 0 Å². The van der Waals surface area contributed by atoms with E-state index in [4.69, 9.17) is 9.47 Å². The van der Waals surface area contributed by atoms with Gasteiger partial charge in [0.1, 0.15) is 18.8 Å². The van der Waals surface area contributed by atoms with Crippen molar-refractivity contribution in [1.82, 2.24) is 0 Å². The van der Waals surface area contributed by atoms with Gasteiger partial charge in [-0.1, -0.05) is 6.92 Å². The Morgan fingerprint density at radius 2 is 2.18 bits per heavy atom. The fourth-order valence-electron chi connectivity index (χ4n) is 1.28. The Hall–Kier alpha value is 0.125. The zero-order valence-electron chi connectivity index (χ0n) is 9.44. The van der Waals surface area contributed by atoms with Gasteiger partial charge < -0.3 is 14.6 Å². The summed E-state index contributed by atoms with van der Waals surface area (Å²) in [5, 5.41) is 10.0. The lowest BCUT2D eigenvalue weighted by atomic mass is 10.0. The summed E-state index contributed by atoms with van der Waals surface area (Å²) in [6.45, 7) is 1.49. The van der Waals surface area contributed by atoms with Crippen LogP contribution in [0, 0.1) is 0 Å². The number of hydrogen-bond acceptors (Lipinski definition) is 5. The molecule has 5 nitrogen and oxygen atoms in total. The fourth-order valence-corrected chi connectivity index (χ4v) is 3.24. The van der Waals surface area contributed by atoms with Gasteiger partial charge in [-0.3, -0.25) is 9.59 Å². The zero-order chi connectivity index (χ0) is 12.9. The lowest BCUT2D eigenvalue weighted by molar-refractivity contribution is -0.156. The molecule has 0 spiro atoms. The molecular formula is C9H14BIO5P. The van der Waals surface area contributed by atoms with Crippen molar-refractivity contribution in [2.24, 2.45) is 0 Å². The molecule has 0 saturated carbocycles. The largest absolute Gasteiger partial charge is 0.462 e. The number of carbonyl (C=O) groups is 2. The summed E-state index contributed by atoms with van der Waals surface area (Å²) in [4.78, 5) is 25.0. The van der Waals surface area contributed by atoms with Crippen LogP contribution in [-0.4, -0.2) is 46.4 Å². The van der Waals surface area contributed by atoms with Gasteiger partial charge in [0.2, 0.25) is 4.86 Å². The van der Waals surface area contributed by atoms with Crippen molar-refractivity contribution in [3.63, 3.8) is 0 Å². The molecule has 3 unspecified atom stereocenters. The zero-order valence-corrected chi connectivity index (χ0v) is 12.6. The molecule has 1 radical (unpaired) electrons. The highest BCUT2D eigenvalue weighted by molar-refractivity contribution is 14.1. The molecule has 8 heteroatoms. The van der Waals surface area contributed by atoms with Gasteiger partial charge in [-0.25, -0.2) is 0 Å². The van der Waals surface area contributed by atoms with Crippen LogP contribution in [0.3, 0.4) is 0 Å². The minimum Gasteiger partial charge on any atom is -0.462 e. The van der Waals surface area contributed by atoms with Crippen molar-refractivity contribution in [2.75, 3.05) is 13.2 Å². The van der Waals surface area contributed by atoms with Crippen molar-refractivity contribution >= 4 is 47.6 Å². The standard InChI is InChI=1S/C9H14BIO5P/c1-2-9(14)4-15-7(12)3-6(17-10-11)8(13)16-5-9/h6,14,17H,2-5H2,1H3. The van der Waals surface area contributed by atoms with E-state index in [9.17, 15) is 14.7 Å². The van der Waals surface area contributed by atoms with Gasteiger partial charge in [-0.2, -0.15) is 22.4 Å². The number of carbonyl (C=O) groups excluding carboxylic acids is 2. The lowest BCUT2D eigenvalue weighted by Crippen LogP contribution is -2.40. The average Bonchev–Trinajstić information content (AvgIpc) is 2.36. The Balaban J connectivity index is 2.74. The molecule has 3 atom stereocenters. The first-order valence-corrected chi connectivity index (χ1v) is 7.63. The predicted molar refractivity (Wildman–Crippen MR) is 73.7 cm³/mol. The number of aliphatic hydroxyl groups is 1. The SMILES string of the molecule is CCC1(O)COC(=O)CC(P[B]I)C(=O)OC1. The van der Waals surface area contributed by atoms with Crippen LogP contribution >= 0.6 is 30.8 Å². The number of rotatable bonds is 3. The van der Waals surface area contributed by atoms with E-state index in [2.05, 4.69) is 0 Å². The van der Waals surface area contributed by atoms with E-state index in [0.717, 1.165) is 0 Å². The quantitative estimate of drug-likeness (QED) is 0.341.